The zero-order chi connectivity index (χ0) is 22.2. The molecule has 0 aromatic carbocycles. The van der Waals surface area contributed by atoms with Crippen LogP contribution in [0.15, 0.2) is 12.3 Å². The predicted octanol–water partition coefficient (Wildman–Crippen LogP) is 4.25. The minimum absolute atomic E-state index is 0.0759. The number of alkyl halides is 3. The molecule has 0 unspecified atom stereocenters. The van der Waals surface area contributed by atoms with Crippen molar-refractivity contribution in [2.75, 3.05) is 31.1 Å². The van der Waals surface area contributed by atoms with Crippen molar-refractivity contribution in [3.8, 4) is 0 Å². The number of carbonyl (C=O) groups excluding carboxylic acids is 2. The van der Waals surface area contributed by atoms with E-state index in [9.17, 15) is 22.8 Å². The van der Waals surface area contributed by atoms with Gasteiger partial charge in [0.2, 0.25) is 0 Å². The Morgan fingerprint density at radius 3 is 2.43 bits per heavy atom. The fourth-order valence-corrected chi connectivity index (χ4v) is 4.02. The van der Waals surface area contributed by atoms with Gasteiger partial charge in [0.05, 0.1) is 21.8 Å². The van der Waals surface area contributed by atoms with Gasteiger partial charge in [-0.25, -0.2) is 4.98 Å². The number of pyridine rings is 1. The average molecular weight is 443 g/mol. The Balaban J connectivity index is 1.77. The highest BCUT2D eigenvalue weighted by Crippen LogP contribution is 2.34. The highest BCUT2D eigenvalue weighted by molar-refractivity contribution is 6.33. The molecule has 0 aliphatic carbocycles. The van der Waals surface area contributed by atoms with Gasteiger partial charge in [0.15, 0.2) is 5.78 Å². The summed E-state index contributed by atoms with van der Waals surface area (Å²) in [5, 5.41) is -0.0759. The highest BCUT2D eigenvalue weighted by Gasteiger charge is 2.32. The normalized spacial score (nSPS) is 15.3. The number of nitrogens with one attached hydrogen (secondary N) is 1. The number of aryl methyl sites for hydroxylation is 1. The lowest BCUT2D eigenvalue weighted by molar-refractivity contribution is -0.137. The highest BCUT2D eigenvalue weighted by atomic mass is 35.5. The van der Waals surface area contributed by atoms with Gasteiger partial charge in [0.1, 0.15) is 5.82 Å². The molecule has 1 amide bonds. The number of halogens is 4. The number of rotatable bonds is 3. The van der Waals surface area contributed by atoms with E-state index >= 15 is 0 Å². The molecule has 162 valence electrons. The molecule has 30 heavy (non-hydrogen) atoms. The molecule has 2 aromatic rings. The Labute approximate surface area is 177 Å². The molecular weight excluding hydrogens is 421 g/mol. The Bertz CT molecular complexity index is 987. The van der Waals surface area contributed by atoms with E-state index in [1.807, 2.05) is 0 Å². The fraction of sp³-hybridized carbons (Fsp3) is 0.450. The van der Waals surface area contributed by atoms with Crippen molar-refractivity contribution in [1.82, 2.24) is 14.9 Å². The van der Waals surface area contributed by atoms with E-state index in [0.717, 1.165) is 12.3 Å². The number of carbonyl (C=O) groups is 2. The smallest absolute Gasteiger partial charge is 0.355 e. The van der Waals surface area contributed by atoms with Crippen LogP contribution in [-0.4, -0.2) is 52.7 Å². The molecule has 1 fully saturated rings. The average Bonchev–Trinajstić information content (AvgIpc) is 2.82. The predicted molar refractivity (Wildman–Crippen MR) is 107 cm³/mol. The molecule has 6 nitrogen and oxygen atoms in total. The first-order valence-electron chi connectivity index (χ1n) is 9.47. The third kappa shape index (κ3) is 4.30. The Hall–Kier alpha value is -2.55. The molecule has 1 aliphatic heterocycles. The standard InChI is InChI=1S/C20H22ClF3N4O2/c1-11-16(12(2)26-17(11)13(3)29)19(30)28-6-4-5-27(7-8-28)18-15(21)9-14(10-25-18)20(22,23)24/h9-10,26H,4-8H2,1-3H3. The molecular formula is C20H22ClF3N4O2. The minimum Gasteiger partial charge on any atom is -0.355 e. The fourth-order valence-electron chi connectivity index (χ4n) is 3.73. The summed E-state index contributed by atoms with van der Waals surface area (Å²) in [5.74, 6) is -0.0476. The summed E-state index contributed by atoms with van der Waals surface area (Å²) >= 11 is 6.07. The van der Waals surface area contributed by atoms with Crippen molar-refractivity contribution < 1.29 is 22.8 Å². The van der Waals surface area contributed by atoms with Crippen LogP contribution in [0.5, 0.6) is 0 Å². The third-order valence-electron chi connectivity index (χ3n) is 5.24. The Morgan fingerprint density at radius 2 is 1.87 bits per heavy atom. The van der Waals surface area contributed by atoms with E-state index < -0.39 is 11.7 Å². The van der Waals surface area contributed by atoms with E-state index in [4.69, 9.17) is 11.6 Å². The zero-order valence-corrected chi connectivity index (χ0v) is 17.6. The molecule has 0 radical (unpaired) electrons. The van der Waals surface area contributed by atoms with Crippen LogP contribution in [0.1, 0.15) is 51.0 Å². The molecule has 0 spiro atoms. The quantitative estimate of drug-likeness (QED) is 0.721. The van der Waals surface area contributed by atoms with Gasteiger partial charge in [-0.05, 0) is 31.9 Å². The largest absolute Gasteiger partial charge is 0.417 e. The van der Waals surface area contributed by atoms with Crippen LogP contribution < -0.4 is 4.90 Å². The van der Waals surface area contributed by atoms with E-state index in [1.165, 1.54) is 6.92 Å². The van der Waals surface area contributed by atoms with Crippen LogP contribution in [0, 0.1) is 13.8 Å². The summed E-state index contributed by atoms with van der Waals surface area (Å²) in [7, 11) is 0. The van der Waals surface area contributed by atoms with Gasteiger partial charge >= 0.3 is 6.18 Å². The van der Waals surface area contributed by atoms with Crippen LogP contribution in [0.3, 0.4) is 0 Å². The minimum atomic E-state index is -4.51. The first-order chi connectivity index (χ1) is 14.0. The van der Waals surface area contributed by atoms with Crippen LogP contribution in [0.2, 0.25) is 5.02 Å². The molecule has 3 rings (SSSR count). The number of nitrogens with zero attached hydrogens (tertiary/aromatic N) is 3. The summed E-state index contributed by atoms with van der Waals surface area (Å²) in [6, 6.07) is 0.869. The van der Waals surface area contributed by atoms with Crippen LogP contribution in [0.25, 0.3) is 0 Å². The van der Waals surface area contributed by atoms with Crippen molar-refractivity contribution in [2.45, 2.75) is 33.4 Å². The topological polar surface area (TPSA) is 69.3 Å². The van der Waals surface area contributed by atoms with Crippen molar-refractivity contribution >= 4 is 29.1 Å². The lowest BCUT2D eigenvalue weighted by Crippen LogP contribution is -2.36. The first-order valence-corrected chi connectivity index (χ1v) is 9.85. The maximum absolute atomic E-state index is 13.1. The zero-order valence-electron chi connectivity index (χ0n) is 16.9. The molecule has 0 bridgehead atoms. The van der Waals surface area contributed by atoms with Crippen LogP contribution in [0.4, 0.5) is 19.0 Å². The summed E-state index contributed by atoms with van der Waals surface area (Å²) < 4.78 is 38.5. The number of hydrogen-bond acceptors (Lipinski definition) is 4. The van der Waals surface area contributed by atoms with E-state index in [0.29, 0.717) is 55.1 Å². The molecule has 1 N–H and O–H groups in total. The summed E-state index contributed by atoms with van der Waals surface area (Å²) in [6.45, 7) is 6.66. The maximum Gasteiger partial charge on any atom is 0.417 e. The Kier molecular flexibility index (Phi) is 6.12. The number of aromatic nitrogens is 2. The monoisotopic (exact) mass is 442 g/mol. The number of aromatic amines is 1. The second-order valence-electron chi connectivity index (χ2n) is 7.34. The second-order valence-corrected chi connectivity index (χ2v) is 7.75. The van der Waals surface area contributed by atoms with E-state index in [2.05, 4.69) is 9.97 Å². The van der Waals surface area contributed by atoms with Crippen molar-refractivity contribution in [3.63, 3.8) is 0 Å². The first kappa shape index (κ1) is 22.1. The number of amides is 1. The number of Topliss-reactive ketones (excluding diaryl/α,β-unsaturated/α-hetero) is 1. The third-order valence-corrected chi connectivity index (χ3v) is 5.51. The summed E-state index contributed by atoms with van der Waals surface area (Å²) in [6.07, 6.45) is -3.14. The molecule has 1 aliphatic rings. The van der Waals surface area contributed by atoms with Gasteiger partial charge in [-0.1, -0.05) is 11.6 Å². The van der Waals surface area contributed by atoms with Gasteiger partial charge < -0.3 is 14.8 Å². The maximum atomic E-state index is 13.1. The SMILES string of the molecule is CC(=O)c1[nH]c(C)c(C(=O)N2CCCN(c3ncc(C(F)(F)F)cc3Cl)CC2)c1C. The lowest BCUT2D eigenvalue weighted by Gasteiger charge is -2.24. The lowest BCUT2D eigenvalue weighted by atomic mass is 10.1. The van der Waals surface area contributed by atoms with Crippen molar-refractivity contribution in [1.29, 1.82) is 0 Å². The van der Waals surface area contributed by atoms with Gasteiger partial charge in [0.25, 0.3) is 5.91 Å². The number of H-pyrrole nitrogens is 1. The van der Waals surface area contributed by atoms with Gasteiger partial charge in [-0.2, -0.15) is 13.2 Å². The molecule has 1 saturated heterocycles. The van der Waals surface area contributed by atoms with E-state index in [1.54, 1.807) is 23.6 Å². The Morgan fingerprint density at radius 1 is 1.17 bits per heavy atom. The van der Waals surface area contributed by atoms with Crippen molar-refractivity contribution in [3.05, 3.63) is 45.4 Å². The summed E-state index contributed by atoms with van der Waals surface area (Å²) in [4.78, 5) is 35.2. The molecule has 2 aromatic heterocycles. The molecule has 10 heteroatoms. The van der Waals surface area contributed by atoms with Gasteiger partial charge in [0, 0.05) is 45.0 Å². The van der Waals surface area contributed by atoms with E-state index in [-0.39, 0.29) is 22.5 Å². The molecule has 0 saturated carbocycles. The van der Waals surface area contributed by atoms with Gasteiger partial charge in [-0.15, -0.1) is 0 Å². The van der Waals surface area contributed by atoms with Crippen molar-refractivity contribution in [2.24, 2.45) is 0 Å². The van der Waals surface area contributed by atoms with Crippen LogP contribution in [-0.2, 0) is 6.18 Å². The van der Waals surface area contributed by atoms with Crippen LogP contribution >= 0.6 is 11.6 Å². The molecule has 0 atom stereocenters. The molecule has 3 heterocycles. The second kappa shape index (κ2) is 8.29. The number of hydrogen-bond donors (Lipinski definition) is 1. The summed E-state index contributed by atoms with van der Waals surface area (Å²) in [5.41, 5.74) is 1.27. The van der Waals surface area contributed by atoms with Gasteiger partial charge in [-0.3, -0.25) is 9.59 Å². The number of ketones is 1. The number of anilines is 1.